The summed E-state index contributed by atoms with van der Waals surface area (Å²) in [5, 5.41) is 3.42. The Kier molecular flexibility index (Phi) is 4.15. The molecular formula is C14H20N2O. The van der Waals surface area contributed by atoms with Crippen molar-refractivity contribution in [3.63, 3.8) is 0 Å². The standard InChI is InChI=1S/C14H20N2O/c1-12(17)13-4-6-14(7-5-13)16-10-3-2-8-15-9-11-16/h4-7,15H,2-3,8-11H2,1H3. The van der Waals surface area contributed by atoms with Crippen molar-refractivity contribution >= 4 is 11.5 Å². The first-order chi connectivity index (χ1) is 8.27. The third kappa shape index (κ3) is 3.30. The first-order valence-corrected chi connectivity index (χ1v) is 6.34. The van der Waals surface area contributed by atoms with Gasteiger partial charge in [0, 0.05) is 30.9 Å². The SMILES string of the molecule is CC(=O)c1ccc(N2CCCCNCC2)cc1. The van der Waals surface area contributed by atoms with Gasteiger partial charge in [-0.1, -0.05) is 0 Å². The van der Waals surface area contributed by atoms with Gasteiger partial charge in [-0.15, -0.1) is 0 Å². The van der Waals surface area contributed by atoms with Crippen molar-refractivity contribution in [3.05, 3.63) is 29.8 Å². The number of hydrogen-bond acceptors (Lipinski definition) is 3. The van der Waals surface area contributed by atoms with Crippen LogP contribution in [0.1, 0.15) is 30.1 Å². The van der Waals surface area contributed by atoms with Crippen LogP contribution >= 0.6 is 0 Å². The van der Waals surface area contributed by atoms with Crippen LogP contribution in [0.4, 0.5) is 5.69 Å². The van der Waals surface area contributed by atoms with Crippen molar-refractivity contribution in [2.45, 2.75) is 19.8 Å². The van der Waals surface area contributed by atoms with E-state index in [1.54, 1.807) is 6.92 Å². The highest BCUT2D eigenvalue weighted by Gasteiger charge is 2.08. The summed E-state index contributed by atoms with van der Waals surface area (Å²) in [4.78, 5) is 13.6. The van der Waals surface area contributed by atoms with Crippen LogP contribution in [-0.4, -0.2) is 32.0 Å². The lowest BCUT2D eigenvalue weighted by molar-refractivity contribution is 0.101. The van der Waals surface area contributed by atoms with Crippen molar-refractivity contribution in [2.75, 3.05) is 31.1 Å². The highest BCUT2D eigenvalue weighted by Crippen LogP contribution is 2.16. The lowest BCUT2D eigenvalue weighted by Crippen LogP contribution is -2.36. The van der Waals surface area contributed by atoms with Crippen LogP contribution in [0.15, 0.2) is 24.3 Å². The van der Waals surface area contributed by atoms with Gasteiger partial charge >= 0.3 is 0 Å². The lowest BCUT2D eigenvalue weighted by Gasteiger charge is -2.27. The molecule has 1 aliphatic rings. The monoisotopic (exact) mass is 232 g/mol. The second-order valence-electron chi connectivity index (χ2n) is 4.55. The Hall–Kier alpha value is -1.35. The topological polar surface area (TPSA) is 32.3 Å². The Balaban J connectivity index is 2.06. The van der Waals surface area contributed by atoms with Crippen LogP contribution < -0.4 is 10.2 Å². The molecule has 1 N–H and O–H groups in total. The summed E-state index contributed by atoms with van der Waals surface area (Å²) >= 11 is 0. The van der Waals surface area contributed by atoms with Crippen LogP contribution in [0.2, 0.25) is 0 Å². The Morgan fingerprint density at radius 3 is 2.59 bits per heavy atom. The molecule has 1 heterocycles. The molecule has 1 aromatic carbocycles. The molecule has 1 saturated heterocycles. The fraction of sp³-hybridized carbons (Fsp3) is 0.500. The van der Waals surface area contributed by atoms with Gasteiger partial charge in [-0.25, -0.2) is 0 Å². The molecule has 17 heavy (non-hydrogen) atoms. The van der Waals surface area contributed by atoms with Crippen molar-refractivity contribution < 1.29 is 4.79 Å². The van der Waals surface area contributed by atoms with E-state index in [2.05, 4.69) is 22.3 Å². The lowest BCUT2D eigenvalue weighted by atomic mass is 10.1. The summed E-state index contributed by atoms with van der Waals surface area (Å²) in [5.41, 5.74) is 2.01. The minimum atomic E-state index is 0.130. The van der Waals surface area contributed by atoms with E-state index in [0.717, 1.165) is 31.7 Å². The highest BCUT2D eigenvalue weighted by molar-refractivity contribution is 5.94. The third-order valence-corrected chi connectivity index (χ3v) is 3.23. The minimum absolute atomic E-state index is 0.130. The fourth-order valence-electron chi connectivity index (χ4n) is 2.17. The summed E-state index contributed by atoms with van der Waals surface area (Å²) in [7, 11) is 0. The molecule has 0 radical (unpaired) electrons. The molecule has 0 saturated carbocycles. The van der Waals surface area contributed by atoms with E-state index in [1.807, 2.05) is 12.1 Å². The number of benzene rings is 1. The van der Waals surface area contributed by atoms with Crippen LogP contribution in [0.5, 0.6) is 0 Å². The summed E-state index contributed by atoms with van der Waals surface area (Å²) < 4.78 is 0. The number of nitrogens with one attached hydrogen (secondary N) is 1. The molecule has 3 heteroatoms. The molecule has 0 amide bonds. The maximum atomic E-state index is 11.2. The maximum absolute atomic E-state index is 11.2. The smallest absolute Gasteiger partial charge is 0.159 e. The Morgan fingerprint density at radius 2 is 1.88 bits per heavy atom. The number of carbonyl (C=O) groups excluding carboxylic acids is 1. The maximum Gasteiger partial charge on any atom is 0.159 e. The van der Waals surface area contributed by atoms with Crippen molar-refractivity contribution in [3.8, 4) is 0 Å². The van der Waals surface area contributed by atoms with Gasteiger partial charge in [0.1, 0.15) is 0 Å². The average molecular weight is 232 g/mol. The van der Waals surface area contributed by atoms with E-state index in [-0.39, 0.29) is 5.78 Å². The van der Waals surface area contributed by atoms with Crippen LogP contribution in [0.25, 0.3) is 0 Å². The molecule has 1 aromatic rings. The number of hydrogen-bond donors (Lipinski definition) is 1. The molecule has 2 rings (SSSR count). The fourth-order valence-corrected chi connectivity index (χ4v) is 2.17. The quantitative estimate of drug-likeness (QED) is 0.792. The van der Waals surface area contributed by atoms with Gasteiger partial charge in [0.25, 0.3) is 0 Å². The zero-order valence-electron chi connectivity index (χ0n) is 10.4. The predicted octanol–water partition coefficient (Wildman–Crippen LogP) is 2.08. The minimum Gasteiger partial charge on any atom is -0.370 e. The summed E-state index contributed by atoms with van der Waals surface area (Å²) in [5.74, 6) is 0.130. The Labute approximate surface area is 103 Å². The molecule has 0 bridgehead atoms. The molecule has 1 aliphatic heterocycles. The number of Topliss-reactive ketones (excluding diaryl/α,β-unsaturated/α-hetero) is 1. The highest BCUT2D eigenvalue weighted by atomic mass is 16.1. The predicted molar refractivity (Wildman–Crippen MR) is 70.8 cm³/mol. The molecule has 92 valence electrons. The van der Waals surface area contributed by atoms with Gasteiger partial charge in [0.15, 0.2) is 5.78 Å². The largest absolute Gasteiger partial charge is 0.370 e. The van der Waals surface area contributed by atoms with Gasteiger partial charge in [-0.2, -0.15) is 0 Å². The number of nitrogens with zero attached hydrogens (tertiary/aromatic N) is 1. The molecule has 0 unspecified atom stereocenters. The van der Waals surface area contributed by atoms with E-state index < -0.39 is 0 Å². The van der Waals surface area contributed by atoms with E-state index in [9.17, 15) is 4.79 Å². The van der Waals surface area contributed by atoms with Gasteiger partial charge in [-0.3, -0.25) is 4.79 Å². The van der Waals surface area contributed by atoms with Gasteiger partial charge in [-0.05, 0) is 50.6 Å². The van der Waals surface area contributed by atoms with Crippen LogP contribution in [0, 0.1) is 0 Å². The molecule has 0 aliphatic carbocycles. The van der Waals surface area contributed by atoms with E-state index >= 15 is 0 Å². The van der Waals surface area contributed by atoms with Gasteiger partial charge in [0.05, 0.1) is 0 Å². The van der Waals surface area contributed by atoms with Crippen molar-refractivity contribution in [2.24, 2.45) is 0 Å². The molecule has 3 nitrogen and oxygen atoms in total. The Bertz CT molecular complexity index is 364. The molecular weight excluding hydrogens is 212 g/mol. The molecule has 0 atom stereocenters. The van der Waals surface area contributed by atoms with Crippen molar-refractivity contribution in [1.82, 2.24) is 5.32 Å². The first kappa shape index (κ1) is 12.1. The molecule has 0 spiro atoms. The van der Waals surface area contributed by atoms with Gasteiger partial charge < -0.3 is 10.2 Å². The zero-order valence-corrected chi connectivity index (χ0v) is 10.4. The normalized spacial score (nSPS) is 17.4. The van der Waals surface area contributed by atoms with Crippen molar-refractivity contribution in [1.29, 1.82) is 0 Å². The molecule has 1 fully saturated rings. The second kappa shape index (κ2) is 5.82. The van der Waals surface area contributed by atoms with E-state index in [4.69, 9.17) is 0 Å². The average Bonchev–Trinajstić information content (AvgIpc) is 2.29. The van der Waals surface area contributed by atoms with Crippen LogP contribution in [-0.2, 0) is 0 Å². The van der Waals surface area contributed by atoms with Crippen LogP contribution in [0.3, 0.4) is 0 Å². The zero-order chi connectivity index (χ0) is 12.1. The first-order valence-electron chi connectivity index (χ1n) is 6.34. The molecule has 0 aromatic heterocycles. The second-order valence-corrected chi connectivity index (χ2v) is 4.55. The summed E-state index contributed by atoms with van der Waals surface area (Å²) in [6.07, 6.45) is 2.46. The van der Waals surface area contributed by atoms with E-state index in [1.165, 1.54) is 18.5 Å². The number of carbonyl (C=O) groups is 1. The number of anilines is 1. The van der Waals surface area contributed by atoms with E-state index in [0.29, 0.717) is 0 Å². The number of ketones is 1. The summed E-state index contributed by atoms with van der Waals surface area (Å²) in [6.45, 7) is 5.93. The third-order valence-electron chi connectivity index (χ3n) is 3.23. The summed E-state index contributed by atoms with van der Waals surface area (Å²) in [6, 6.07) is 7.95. The Morgan fingerprint density at radius 1 is 1.12 bits per heavy atom. The van der Waals surface area contributed by atoms with Gasteiger partial charge in [0.2, 0.25) is 0 Å². The number of rotatable bonds is 2.